The number of imidazole rings is 1. The molecule has 2 N–H and O–H groups in total. The van der Waals surface area contributed by atoms with Gasteiger partial charge in [0.2, 0.25) is 0 Å². The summed E-state index contributed by atoms with van der Waals surface area (Å²) >= 11 is 0. The third-order valence-electron chi connectivity index (χ3n) is 5.81. The largest absolute Gasteiger partial charge is 0.492 e. The molecular formula is C26H22FN9O. The molecular weight excluding hydrogens is 473 g/mol. The highest BCUT2D eigenvalue weighted by molar-refractivity contribution is 5.95. The Balaban J connectivity index is 1.41. The lowest BCUT2D eigenvalue weighted by atomic mass is 10.1. The highest BCUT2D eigenvalue weighted by Gasteiger charge is 2.18. The van der Waals surface area contributed by atoms with Crippen LogP contribution in [0.15, 0.2) is 61.2 Å². The van der Waals surface area contributed by atoms with Crippen molar-refractivity contribution in [3.63, 3.8) is 0 Å². The molecule has 6 aromatic rings. The number of hydrogen-bond donors (Lipinski definition) is 2. The Morgan fingerprint density at radius 3 is 2.62 bits per heavy atom. The first-order valence-corrected chi connectivity index (χ1v) is 11.6. The van der Waals surface area contributed by atoms with E-state index in [9.17, 15) is 4.39 Å². The molecule has 0 atom stereocenters. The lowest BCUT2D eigenvalue weighted by molar-refractivity contribution is 0.260. The van der Waals surface area contributed by atoms with Crippen molar-refractivity contribution in [2.24, 2.45) is 0 Å². The molecule has 0 amide bonds. The molecule has 11 heteroatoms. The van der Waals surface area contributed by atoms with Crippen LogP contribution in [-0.2, 0) is 0 Å². The maximum Gasteiger partial charge on any atom is 0.161 e. The smallest absolute Gasteiger partial charge is 0.161 e. The second kappa shape index (κ2) is 9.36. The zero-order chi connectivity index (χ0) is 25.4. The zero-order valence-electron chi connectivity index (χ0n) is 20.1. The van der Waals surface area contributed by atoms with E-state index in [0.717, 1.165) is 11.0 Å². The minimum Gasteiger partial charge on any atom is -0.492 e. The molecule has 37 heavy (non-hydrogen) atoms. The van der Waals surface area contributed by atoms with Gasteiger partial charge >= 0.3 is 0 Å². The molecule has 5 aromatic heterocycles. The second-order valence-corrected chi connectivity index (χ2v) is 8.72. The maximum atomic E-state index is 14.5. The summed E-state index contributed by atoms with van der Waals surface area (Å²) in [5.74, 6) is 0.537. The average molecular weight is 496 g/mol. The summed E-state index contributed by atoms with van der Waals surface area (Å²) in [7, 11) is 3.91. The van der Waals surface area contributed by atoms with E-state index in [1.807, 2.05) is 37.2 Å². The number of aromatic amines is 2. The number of hydrogen-bond acceptors (Lipinski definition) is 8. The van der Waals surface area contributed by atoms with Crippen molar-refractivity contribution in [3.05, 3.63) is 67.0 Å². The highest BCUT2D eigenvalue weighted by Crippen LogP contribution is 2.32. The first kappa shape index (κ1) is 22.7. The van der Waals surface area contributed by atoms with Gasteiger partial charge in [-0.05, 0) is 44.4 Å². The lowest BCUT2D eigenvalue weighted by Gasteiger charge is -2.12. The Bertz CT molecular complexity index is 1710. The topological polar surface area (TPSA) is 121 Å². The predicted octanol–water partition coefficient (Wildman–Crippen LogP) is 4.10. The summed E-state index contributed by atoms with van der Waals surface area (Å²) in [6.45, 7) is 1.16. The molecule has 184 valence electrons. The van der Waals surface area contributed by atoms with E-state index >= 15 is 0 Å². The molecule has 5 heterocycles. The summed E-state index contributed by atoms with van der Waals surface area (Å²) in [6, 6.07) is 10.1. The molecule has 0 spiro atoms. The summed E-state index contributed by atoms with van der Waals surface area (Å²) in [5.41, 5.74) is 5.69. The van der Waals surface area contributed by atoms with Crippen LogP contribution >= 0.6 is 0 Å². The van der Waals surface area contributed by atoms with Gasteiger partial charge < -0.3 is 14.6 Å². The van der Waals surface area contributed by atoms with Gasteiger partial charge in [-0.15, -0.1) is 0 Å². The number of likely N-dealkylation sites (N-methyl/N-ethyl adjacent to an activating group) is 1. The number of rotatable bonds is 7. The second-order valence-electron chi connectivity index (χ2n) is 8.72. The fourth-order valence-electron chi connectivity index (χ4n) is 4.03. The standard InChI is InChI=1S/C26H22FN9O/c1-36(2)9-10-37-17-12-15(11-16(27)13-17)22-23-19(5-6-30-22)32-26(33-23)25-24-20(34-35-25)4-3-18(31-24)21-14-28-7-8-29-21/h3-8,11-14H,9-10H2,1-2H3,(H,32,33)(H,34,35). The van der Waals surface area contributed by atoms with Gasteiger partial charge in [-0.25, -0.2) is 14.4 Å². The van der Waals surface area contributed by atoms with Crippen molar-refractivity contribution in [2.75, 3.05) is 27.2 Å². The Morgan fingerprint density at radius 1 is 0.892 bits per heavy atom. The molecule has 0 radical (unpaired) electrons. The zero-order valence-corrected chi connectivity index (χ0v) is 20.1. The van der Waals surface area contributed by atoms with Gasteiger partial charge in [0.05, 0.1) is 28.6 Å². The Hall–Kier alpha value is -4.77. The first-order chi connectivity index (χ1) is 18.0. The summed E-state index contributed by atoms with van der Waals surface area (Å²) in [4.78, 5) is 27.8. The highest BCUT2D eigenvalue weighted by atomic mass is 19.1. The third-order valence-corrected chi connectivity index (χ3v) is 5.81. The molecule has 0 saturated heterocycles. The van der Waals surface area contributed by atoms with E-state index in [2.05, 4.69) is 30.1 Å². The minimum atomic E-state index is -0.411. The number of H-pyrrole nitrogens is 2. The number of benzene rings is 1. The van der Waals surface area contributed by atoms with Crippen LogP contribution in [0, 0.1) is 5.82 Å². The minimum absolute atomic E-state index is 0.411. The van der Waals surface area contributed by atoms with Crippen molar-refractivity contribution in [2.45, 2.75) is 0 Å². The van der Waals surface area contributed by atoms with Gasteiger partial charge in [0.1, 0.15) is 34.9 Å². The number of halogens is 1. The summed E-state index contributed by atoms with van der Waals surface area (Å²) < 4.78 is 20.3. The van der Waals surface area contributed by atoms with Gasteiger partial charge in [0.25, 0.3) is 0 Å². The number of ether oxygens (including phenoxy) is 1. The number of fused-ring (bicyclic) bond motifs is 2. The monoisotopic (exact) mass is 495 g/mol. The number of aromatic nitrogens is 8. The van der Waals surface area contributed by atoms with E-state index in [0.29, 0.717) is 64.1 Å². The molecule has 10 nitrogen and oxygen atoms in total. The van der Waals surface area contributed by atoms with E-state index in [-0.39, 0.29) is 0 Å². The molecule has 0 aliphatic rings. The quantitative estimate of drug-likeness (QED) is 0.340. The first-order valence-electron chi connectivity index (χ1n) is 11.6. The van der Waals surface area contributed by atoms with Gasteiger partial charge in [0, 0.05) is 36.8 Å². The molecule has 0 fully saturated rings. The van der Waals surface area contributed by atoms with Crippen LogP contribution in [0.4, 0.5) is 4.39 Å². The molecule has 1 aromatic carbocycles. The van der Waals surface area contributed by atoms with Crippen LogP contribution in [0.2, 0.25) is 0 Å². The molecule has 0 saturated carbocycles. The van der Waals surface area contributed by atoms with Gasteiger partial charge in [0.15, 0.2) is 11.5 Å². The van der Waals surface area contributed by atoms with Gasteiger partial charge in [-0.2, -0.15) is 5.10 Å². The van der Waals surface area contributed by atoms with Crippen LogP contribution in [-0.4, -0.2) is 72.2 Å². The van der Waals surface area contributed by atoms with Crippen LogP contribution in [0.1, 0.15) is 0 Å². The molecule has 0 bridgehead atoms. The molecule has 0 aliphatic heterocycles. The van der Waals surface area contributed by atoms with E-state index < -0.39 is 5.82 Å². The maximum absolute atomic E-state index is 14.5. The van der Waals surface area contributed by atoms with Crippen LogP contribution in [0.25, 0.3) is 56.2 Å². The van der Waals surface area contributed by atoms with Crippen molar-refractivity contribution in [1.82, 2.24) is 45.0 Å². The molecule has 0 unspecified atom stereocenters. The molecule has 0 aliphatic carbocycles. The average Bonchev–Trinajstić information content (AvgIpc) is 3.52. The number of nitrogens with zero attached hydrogens (tertiary/aromatic N) is 7. The van der Waals surface area contributed by atoms with Crippen LogP contribution < -0.4 is 4.74 Å². The van der Waals surface area contributed by atoms with Crippen molar-refractivity contribution in [3.8, 4) is 39.9 Å². The summed E-state index contributed by atoms with van der Waals surface area (Å²) in [6.07, 6.45) is 6.55. The number of nitrogens with one attached hydrogen (secondary N) is 2. The summed E-state index contributed by atoms with van der Waals surface area (Å²) in [5, 5.41) is 7.46. The van der Waals surface area contributed by atoms with Crippen molar-refractivity contribution < 1.29 is 9.13 Å². The van der Waals surface area contributed by atoms with Crippen molar-refractivity contribution in [1.29, 1.82) is 0 Å². The van der Waals surface area contributed by atoms with Gasteiger partial charge in [-0.3, -0.25) is 20.1 Å². The van der Waals surface area contributed by atoms with E-state index in [1.54, 1.807) is 30.9 Å². The van der Waals surface area contributed by atoms with Crippen LogP contribution in [0.3, 0.4) is 0 Å². The van der Waals surface area contributed by atoms with Crippen molar-refractivity contribution >= 4 is 22.1 Å². The third kappa shape index (κ3) is 4.47. The van der Waals surface area contributed by atoms with E-state index in [4.69, 9.17) is 14.7 Å². The van der Waals surface area contributed by atoms with Crippen LogP contribution in [0.5, 0.6) is 5.75 Å². The SMILES string of the molecule is CN(C)CCOc1cc(F)cc(-c2nccc3[nH]c(-c4n[nH]c5ccc(-c6cnccn6)nc45)nc23)c1. The Morgan fingerprint density at radius 2 is 1.78 bits per heavy atom. The van der Waals surface area contributed by atoms with E-state index in [1.165, 1.54) is 12.1 Å². The lowest BCUT2D eigenvalue weighted by Crippen LogP contribution is -2.19. The Labute approximate surface area is 210 Å². The predicted molar refractivity (Wildman–Crippen MR) is 137 cm³/mol. The fourth-order valence-corrected chi connectivity index (χ4v) is 4.03. The van der Waals surface area contributed by atoms with Gasteiger partial charge in [-0.1, -0.05) is 0 Å². The molecule has 6 rings (SSSR count). The number of pyridine rings is 2. The normalized spacial score (nSPS) is 11.6. The fraction of sp³-hybridized carbons (Fsp3) is 0.154. The Kier molecular flexibility index (Phi) is 5.73.